The van der Waals surface area contributed by atoms with E-state index in [0.29, 0.717) is 26.2 Å². The van der Waals surface area contributed by atoms with Crippen LogP contribution in [0.2, 0.25) is 0 Å². The number of ether oxygens (including phenoxy) is 2. The van der Waals surface area contributed by atoms with Gasteiger partial charge in [0.05, 0.1) is 6.61 Å². The highest BCUT2D eigenvalue weighted by Gasteiger charge is 2.02. The van der Waals surface area contributed by atoms with Crippen molar-refractivity contribution in [2.24, 2.45) is 0 Å². The van der Waals surface area contributed by atoms with Crippen molar-refractivity contribution in [2.45, 2.75) is 117 Å². The fourth-order valence-electron chi connectivity index (χ4n) is 3.07. The minimum Gasteiger partial charge on any atom is -0.463 e. The van der Waals surface area contributed by atoms with Crippen LogP contribution in [0.25, 0.3) is 0 Å². The smallest absolute Gasteiger partial charge is 0.305 e. The summed E-state index contributed by atoms with van der Waals surface area (Å²) in [5.41, 5.74) is 0. The van der Waals surface area contributed by atoms with E-state index in [-0.39, 0.29) is 5.97 Å². The largest absolute Gasteiger partial charge is 0.463 e. The summed E-state index contributed by atoms with van der Waals surface area (Å²) in [5, 5.41) is 0. The quantitative estimate of drug-likeness (QED) is 0.177. The van der Waals surface area contributed by atoms with E-state index in [0.717, 1.165) is 12.8 Å². The Kier molecular flexibility index (Phi) is 21.0. The Morgan fingerprint density at radius 3 is 1.48 bits per heavy atom. The molecule has 0 radical (unpaired) electrons. The predicted molar refractivity (Wildman–Crippen MR) is 107 cm³/mol. The van der Waals surface area contributed by atoms with Gasteiger partial charge in [0.15, 0.2) is 0 Å². The Morgan fingerprint density at radius 1 is 0.600 bits per heavy atom. The molecule has 0 saturated carbocycles. The highest BCUT2D eigenvalue weighted by Crippen LogP contribution is 2.13. The Bertz CT molecular complexity index is 266. The molecule has 25 heavy (non-hydrogen) atoms. The molecule has 0 N–H and O–H groups in total. The first-order valence-corrected chi connectivity index (χ1v) is 11.0. The topological polar surface area (TPSA) is 35.5 Å². The van der Waals surface area contributed by atoms with Crippen molar-refractivity contribution in [3.05, 3.63) is 0 Å². The lowest BCUT2D eigenvalue weighted by Gasteiger charge is -2.05. The number of esters is 1. The van der Waals surface area contributed by atoms with Crippen molar-refractivity contribution in [1.82, 2.24) is 0 Å². The number of carbonyl (C=O) groups is 1. The van der Waals surface area contributed by atoms with Crippen LogP contribution in [0.4, 0.5) is 0 Å². The molecule has 3 heteroatoms. The van der Waals surface area contributed by atoms with E-state index in [2.05, 4.69) is 6.92 Å². The average molecular weight is 357 g/mol. The fraction of sp³-hybridized carbons (Fsp3) is 0.955. The standard InChI is InChI=1S/C22H44O3/c1-3-5-6-7-8-9-10-11-12-13-14-15-16-17-18-19-22(23)25-21-20-24-4-2/h3-21H2,1-2H3. The summed E-state index contributed by atoms with van der Waals surface area (Å²) in [4.78, 5) is 11.5. The van der Waals surface area contributed by atoms with Crippen LogP contribution in [0.5, 0.6) is 0 Å². The van der Waals surface area contributed by atoms with Gasteiger partial charge in [-0.2, -0.15) is 0 Å². The first-order chi connectivity index (χ1) is 12.3. The van der Waals surface area contributed by atoms with Crippen molar-refractivity contribution in [2.75, 3.05) is 19.8 Å². The number of hydrogen-bond acceptors (Lipinski definition) is 3. The summed E-state index contributed by atoms with van der Waals surface area (Å²) in [6.45, 7) is 5.81. The second-order valence-electron chi connectivity index (χ2n) is 7.12. The van der Waals surface area contributed by atoms with Gasteiger partial charge >= 0.3 is 5.97 Å². The number of hydrogen-bond donors (Lipinski definition) is 0. The summed E-state index contributed by atoms with van der Waals surface area (Å²) in [6.07, 6.45) is 20.7. The molecule has 0 heterocycles. The van der Waals surface area contributed by atoms with Gasteiger partial charge in [0.1, 0.15) is 6.61 Å². The van der Waals surface area contributed by atoms with Gasteiger partial charge in [0, 0.05) is 13.0 Å². The number of unbranched alkanes of at least 4 members (excludes halogenated alkanes) is 14. The van der Waals surface area contributed by atoms with Gasteiger partial charge in [-0.3, -0.25) is 4.79 Å². The Morgan fingerprint density at radius 2 is 1.04 bits per heavy atom. The molecule has 3 nitrogen and oxygen atoms in total. The monoisotopic (exact) mass is 356 g/mol. The minimum atomic E-state index is -0.0746. The Labute approximate surface area is 157 Å². The molecule has 0 atom stereocenters. The highest BCUT2D eigenvalue weighted by atomic mass is 16.6. The molecule has 0 fully saturated rings. The van der Waals surface area contributed by atoms with Crippen LogP contribution in [0.15, 0.2) is 0 Å². The Balaban J connectivity index is 3.08. The van der Waals surface area contributed by atoms with Gasteiger partial charge in [-0.05, 0) is 13.3 Å². The van der Waals surface area contributed by atoms with Gasteiger partial charge < -0.3 is 9.47 Å². The lowest BCUT2D eigenvalue weighted by Crippen LogP contribution is -2.10. The molecule has 0 aromatic rings. The lowest BCUT2D eigenvalue weighted by molar-refractivity contribution is -0.145. The van der Waals surface area contributed by atoms with Crippen LogP contribution in [0.1, 0.15) is 117 Å². The third-order valence-electron chi connectivity index (χ3n) is 4.68. The zero-order chi connectivity index (χ0) is 18.4. The molecule has 0 rings (SSSR count). The third-order valence-corrected chi connectivity index (χ3v) is 4.68. The van der Waals surface area contributed by atoms with Gasteiger partial charge in [0.2, 0.25) is 0 Å². The first-order valence-electron chi connectivity index (χ1n) is 11.0. The molecule has 0 aliphatic heterocycles. The van der Waals surface area contributed by atoms with E-state index < -0.39 is 0 Å². The fourth-order valence-corrected chi connectivity index (χ4v) is 3.07. The predicted octanol–water partition coefficient (Wildman–Crippen LogP) is 6.83. The van der Waals surface area contributed by atoms with Crippen molar-refractivity contribution in [1.29, 1.82) is 0 Å². The molecular weight excluding hydrogens is 312 g/mol. The van der Waals surface area contributed by atoms with Crippen LogP contribution >= 0.6 is 0 Å². The van der Waals surface area contributed by atoms with Crippen molar-refractivity contribution in [3.63, 3.8) is 0 Å². The molecule has 0 aliphatic carbocycles. The van der Waals surface area contributed by atoms with Gasteiger partial charge in [0.25, 0.3) is 0 Å². The second kappa shape index (κ2) is 21.5. The molecular formula is C22H44O3. The molecule has 0 bridgehead atoms. The van der Waals surface area contributed by atoms with Gasteiger partial charge in [-0.25, -0.2) is 0 Å². The normalized spacial score (nSPS) is 11.0. The molecule has 0 spiro atoms. The zero-order valence-corrected chi connectivity index (χ0v) is 17.2. The maximum Gasteiger partial charge on any atom is 0.305 e. The van der Waals surface area contributed by atoms with Crippen molar-refractivity contribution >= 4 is 5.97 Å². The van der Waals surface area contributed by atoms with Crippen LogP contribution in [0.3, 0.4) is 0 Å². The highest BCUT2D eigenvalue weighted by molar-refractivity contribution is 5.69. The van der Waals surface area contributed by atoms with E-state index >= 15 is 0 Å². The first kappa shape index (κ1) is 24.4. The summed E-state index contributed by atoms with van der Waals surface area (Å²) in [7, 11) is 0. The molecule has 0 unspecified atom stereocenters. The third kappa shape index (κ3) is 21.4. The number of carbonyl (C=O) groups excluding carboxylic acids is 1. The van der Waals surface area contributed by atoms with E-state index in [1.54, 1.807) is 0 Å². The molecule has 0 aromatic heterocycles. The molecule has 0 aromatic carbocycles. The van der Waals surface area contributed by atoms with Crippen LogP contribution < -0.4 is 0 Å². The van der Waals surface area contributed by atoms with Crippen LogP contribution in [0, 0.1) is 0 Å². The average Bonchev–Trinajstić information content (AvgIpc) is 2.62. The minimum absolute atomic E-state index is 0.0746. The maximum absolute atomic E-state index is 11.5. The van der Waals surface area contributed by atoms with E-state index in [1.165, 1.54) is 83.5 Å². The van der Waals surface area contributed by atoms with Crippen molar-refractivity contribution in [3.8, 4) is 0 Å². The SMILES string of the molecule is CCCCCCCCCCCCCCCCCC(=O)OCCOCC. The molecule has 0 aliphatic rings. The second-order valence-corrected chi connectivity index (χ2v) is 7.12. The summed E-state index contributed by atoms with van der Waals surface area (Å²) in [6, 6.07) is 0. The maximum atomic E-state index is 11.5. The molecule has 0 saturated heterocycles. The lowest BCUT2D eigenvalue weighted by atomic mass is 10.0. The molecule has 0 amide bonds. The van der Waals surface area contributed by atoms with E-state index in [1.807, 2.05) is 6.92 Å². The van der Waals surface area contributed by atoms with Crippen LogP contribution in [-0.4, -0.2) is 25.8 Å². The van der Waals surface area contributed by atoms with Crippen LogP contribution in [-0.2, 0) is 14.3 Å². The van der Waals surface area contributed by atoms with Crippen molar-refractivity contribution < 1.29 is 14.3 Å². The van der Waals surface area contributed by atoms with Gasteiger partial charge in [-0.1, -0.05) is 96.8 Å². The molecule has 150 valence electrons. The van der Waals surface area contributed by atoms with E-state index in [4.69, 9.17) is 9.47 Å². The zero-order valence-electron chi connectivity index (χ0n) is 17.2. The van der Waals surface area contributed by atoms with Gasteiger partial charge in [-0.15, -0.1) is 0 Å². The number of rotatable bonds is 20. The summed E-state index contributed by atoms with van der Waals surface area (Å²) >= 11 is 0. The van der Waals surface area contributed by atoms with E-state index in [9.17, 15) is 4.79 Å². The Hall–Kier alpha value is -0.570. The summed E-state index contributed by atoms with van der Waals surface area (Å²) in [5.74, 6) is -0.0746. The summed E-state index contributed by atoms with van der Waals surface area (Å²) < 4.78 is 10.2.